The van der Waals surface area contributed by atoms with Crippen LogP contribution >= 0.6 is 11.6 Å². The summed E-state index contributed by atoms with van der Waals surface area (Å²) >= 11 is 5.93. The number of nitrogens with zero attached hydrogens (tertiary/aromatic N) is 1. The predicted octanol–water partition coefficient (Wildman–Crippen LogP) is 3.21. The van der Waals surface area contributed by atoms with Crippen LogP contribution in [-0.4, -0.2) is 40.6 Å². The Bertz CT molecular complexity index is 616. The van der Waals surface area contributed by atoms with Gasteiger partial charge in [-0.25, -0.2) is 0 Å². The highest BCUT2D eigenvalue weighted by Crippen LogP contribution is 2.32. The lowest BCUT2D eigenvalue weighted by Gasteiger charge is -2.40. The maximum Gasteiger partial charge on any atom is 0.311 e. The number of benzene rings is 1. The fourth-order valence-electron chi connectivity index (χ4n) is 2.84. The van der Waals surface area contributed by atoms with Crippen molar-refractivity contribution in [2.75, 3.05) is 13.1 Å². The van der Waals surface area contributed by atoms with Crippen LogP contribution < -0.4 is 4.74 Å². The number of halogens is 1. The molecule has 1 aliphatic rings. The first kappa shape index (κ1) is 17.6. The number of carbonyl (C=O) groups is 2. The average molecular weight is 340 g/mol. The zero-order valence-electron chi connectivity index (χ0n) is 13.6. The molecule has 1 heterocycles. The quantitative estimate of drug-likeness (QED) is 0.914. The lowest BCUT2D eigenvalue weighted by Crippen LogP contribution is -2.55. The smallest absolute Gasteiger partial charge is 0.311 e. The van der Waals surface area contributed by atoms with Crippen molar-refractivity contribution >= 4 is 23.5 Å². The second kappa shape index (κ2) is 6.40. The SMILES string of the molecule is CC1(C(=O)O)CCCN(C(=O)C(C)(C)Oc2cccc(Cl)c2)C1. The van der Waals surface area contributed by atoms with Crippen LogP contribution in [0.3, 0.4) is 0 Å². The molecule has 0 spiro atoms. The molecule has 1 aromatic carbocycles. The zero-order valence-corrected chi connectivity index (χ0v) is 14.4. The standard InChI is InChI=1S/C17H22ClNO4/c1-16(2,23-13-7-4-6-12(18)10-13)14(20)19-9-5-8-17(3,11-19)15(21)22/h4,6-7,10H,5,8-9,11H2,1-3H3,(H,21,22). The van der Waals surface area contributed by atoms with Crippen molar-refractivity contribution in [2.45, 2.75) is 39.2 Å². The van der Waals surface area contributed by atoms with E-state index in [1.807, 2.05) is 0 Å². The third kappa shape index (κ3) is 3.96. The summed E-state index contributed by atoms with van der Waals surface area (Å²) in [7, 11) is 0. The molecule has 0 saturated carbocycles. The molecule has 0 radical (unpaired) electrons. The van der Waals surface area contributed by atoms with E-state index in [0.717, 1.165) is 0 Å². The molecule has 126 valence electrons. The largest absolute Gasteiger partial charge is 0.481 e. The molecule has 23 heavy (non-hydrogen) atoms. The highest BCUT2D eigenvalue weighted by molar-refractivity contribution is 6.30. The summed E-state index contributed by atoms with van der Waals surface area (Å²) in [5, 5.41) is 9.91. The van der Waals surface area contributed by atoms with E-state index in [0.29, 0.717) is 30.2 Å². The second-order valence-electron chi connectivity index (χ2n) is 6.77. The Hall–Kier alpha value is -1.75. The lowest BCUT2D eigenvalue weighted by molar-refractivity contribution is -0.158. The minimum Gasteiger partial charge on any atom is -0.481 e. The van der Waals surface area contributed by atoms with E-state index in [1.54, 1.807) is 49.9 Å². The molecular formula is C17H22ClNO4. The van der Waals surface area contributed by atoms with Gasteiger partial charge in [-0.1, -0.05) is 17.7 Å². The van der Waals surface area contributed by atoms with Crippen molar-refractivity contribution in [1.29, 1.82) is 0 Å². The number of likely N-dealkylation sites (tertiary alicyclic amines) is 1. The van der Waals surface area contributed by atoms with Crippen LogP contribution in [0.15, 0.2) is 24.3 Å². The zero-order chi connectivity index (χ0) is 17.3. The fraction of sp³-hybridized carbons (Fsp3) is 0.529. The first-order valence-electron chi connectivity index (χ1n) is 7.61. The molecule has 5 nitrogen and oxygen atoms in total. The van der Waals surface area contributed by atoms with Crippen LogP contribution in [0.4, 0.5) is 0 Å². The number of ether oxygens (including phenoxy) is 1. The van der Waals surface area contributed by atoms with Crippen LogP contribution in [0.1, 0.15) is 33.6 Å². The van der Waals surface area contributed by atoms with Crippen molar-refractivity contribution in [3.05, 3.63) is 29.3 Å². The second-order valence-corrected chi connectivity index (χ2v) is 7.20. The predicted molar refractivity (Wildman–Crippen MR) is 87.7 cm³/mol. The topological polar surface area (TPSA) is 66.8 Å². The summed E-state index contributed by atoms with van der Waals surface area (Å²) < 4.78 is 5.80. The monoisotopic (exact) mass is 339 g/mol. The Morgan fingerprint density at radius 1 is 1.39 bits per heavy atom. The molecule has 2 rings (SSSR count). The summed E-state index contributed by atoms with van der Waals surface area (Å²) in [6, 6.07) is 6.86. The average Bonchev–Trinajstić information content (AvgIpc) is 2.46. The molecule has 1 atom stereocenters. The number of amides is 1. The summed E-state index contributed by atoms with van der Waals surface area (Å²) in [5.74, 6) is -0.581. The van der Waals surface area contributed by atoms with Crippen molar-refractivity contribution in [2.24, 2.45) is 5.41 Å². The minimum absolute atomic E-state index is 0.198. The van der Waals surface area contributed by atoms with E-state index in [4.69, 9.17) is 16.3 Å². The van der Waals surface area contributed by atoms with Crippen molar-refractivity contribution in [3.63, 3.8) is 0 Å². The Morgan fingerprint density at radius 3 is 2.70 bits per heavy atom. The molecule has 6 heteroatoms. The Labute approximate surface area is 141 Å². The molecule has 1 saturated heterocycles. The molecule has 1 unspecified atom stereocenters. The molecule has 1 fully saturated rings. The normalized spacial score (nSPS) is 21.8. The summed E-state index contributed by atoms with van der Waals surface area (Å²) in [5.41, 5.74) is -2.00. The van der Waals surface area contributed by atoms with E-state index >= 15 is 0 Å². The van der Waals surface area contributed by atoms with E-state index in [1.165, 1.54) is 0 Å². The number of carboxylic acids is 1. The van der Waals surface area contributed by atoms with Gasteiger partial charge in [0.1, 0.15) is 5.75 Å². The summed E-state index contributed by atoms with van der Waals surface area (Å²) in [6.45, 7) is 5.79. The first-order chi connectivity index (χ1) is 10.6. The van der Waals surface area contributed by atoms with Gasteiger partial charge in [-0.05, 0) is 51.8 Å². The maximum absolute atomic E-state index is 12.8. The van der Waals surface area contributed by atoms with E-state index in [9.17, 15) is 14.7 Å². The fourth-order valence-corrected chi connectivity index (χ4v) is 3.02. The lowest BCUT2D eigenvalue weighted by atomic mass is 9.81. The molecule has 0 aromatic heterocycles. The molecular weight excluding hydrogens is 318 g/mol. The van der Waals surface area contributed by atoms with E-state index in [2.05, 4.69) is 0 Å². The van der Waals surface area contributed by atoms with Gasteiger partial charge in [0.2, 0.25) is 0 Å². The minimum atomic E-state index is -1.10. The van der Waals surface area contributed by atoms with Gasteiger partial charge in [0.05, 0.1) is 5.41 Å². The van der Waals surface area contributed by atoms with Crippen LogP contribution in [0.5, 0.6) is 5.75 Å². The highest BCUT2D eigenvalue weighted by Gasteiger charge is 2.43. The van der Waals surface area contributed by atoms with Crippen LogP contribution in [0.2, 0.25) is 5.02 Å². The molecule has 0 aliphatic carbocycles. The number of hydrogen-bond acceptors (Lipinski definition) is 3. The Morgan fingerprint density at radius 2 is 2.09 bits per heavy atom. The number of rotatable bonds is 4. The molecule has 1 aliphatic heterocycles. The molecule has 0 bridgehead atoms. The van der Waals surface area contributed by atoms with E-state index in [-0.39, 0.29) is 12.5 Å². The maximum atomic E-state index is 12.8. The Kier molecular flexibility index (Phi) is 4.90. The number of carboxylic acid groups (broad SMARTS) is 1. The number of piperidine rings is 1. The first-order valence-corrected chi connectivity index (χ1v) is 7.99. The summed E-state index contributed by atoms with van der Waals surface area (Å²) in [6.07, 6.45) is 1.24. The van der Waals surface area contributed by atoms with Gasteiger partial charge in [0.15, 0.2) is 5.60 Å². The van der Waals surface area contributed by atoms with Crippen molar-refractivity contribution in [1.82, 2.24) is 4.90 Å². The van der Waals surface area contributed by atoms with Crippen LogP contribution in [0, 0.1) is 5.41 Å². The van der Waals surface area contributed by atoms with Gasteiger partial charge >= 0.3 is 5.97 Å². The van der Waals surface area contributed by atoms with Crippen molar-refractivity contribution < 1.29 is 19.4 Å². The third-order valence-corrected chi connectivity index (χ3v) is 4.42. The number of aliphatic carboxylic acids is 1. The van der Waals surface area contributed by atoms with Crippen LogP contribution in [-0.2, 0) is 9.59 Å². The van der Waals surface area contributed by atoms with E-state index < -0.39 is 17.0 Å². The third-order valence-electron chi connectivity index (χ3n) is 4.18. The number of carbonyl (C=O) groups excluding carboxylic acids is 1. The van der Waals surface area contributed by atoms with Gasteiger partial charge < -0.3 is 14.7 Å². The van der Waals surface area contributed by atoms with Crippen molar-refractivity contribution in [3.8, 4) is 5.75 Å². The van der Waals surface area contributed by atoms with Gasteiger partial charge in [-0.2, -0.15) is 0 Å². The molecule has 1 amide bonds. The highest BCUT2D eigenvalue weighted by atomic mass is 35.5. The summed E-state index contributed by atoms with van der Waals surface area (Å²) in [4.78, 5) is 25.8. The molecule has 1 aromatic rings. The van der Waals surface area contributed by atoms with Gasteiger partial charge in [-0.3, -0.25) is 9.59 Å². The van der Waals surface area contributed by atoms with Crippen LogP contribution in [0.25, 0.3) is 0 Å². The number of hydrogen-bond donors (Lipinski definition) is 1. The van der Waals surface area contributed by atoms with Gasteiger partial charge in [-0.15, -0.1) is 0 Å². The Balaban J connectivity index is 2.13. The van der Waals surface area contributed by atoms with Gasteiger partial charge in [0, 0.05) is 18.1 Å². The molecule has 1 N–H and O–H groups in total. The van der Waals surface area contributed by atoms with Gasteiger partial charge in [0.25, 0.3) is 5.91 Å².